The van der Waals surface area contributed by atoms with Crippen LogP contribution in [0.25, 0.3) is 11.3 Å². The Bertz CT molecular complexity index is 854. The van der Waals surface area contributed by atoms with E-state index in [1.807, 2.05) is 36.4 Å². The Hall–Kier alpha value is -3.21. The normalized spacial score (nSPS) is 10.4. The molecule has 0 N–H and O–H groups in total. The maximum Gasteiger partial charge on any atom is 0.343 e. The number of methoxy groups -OCH3 is 1. The van der Waals surface area contributed by atoms with Gasteiger partial charge in [-0.05, 0) is 0 Å². The summed E-state index contributed by atoms with van der Waals surface area (Å²) in [6, 6.07) is 18.0. The fourth-order valence-corrected chi connectivity index (χ4v) is 2.42. The molecule has 0 amide bonds. The molecule has 120 valence electrons. The molecule has 0 aliphatic rings. The van der Waals surface area contributed by atoms with Crippen LogP contribution >= 0.6 is 0 Å². The molecule has 0 fully saturated rings. The van der Waals surface area contributed by atoms with E-state index >= 15 is 0 Å². The smallest absolute Gasteiger partial charge is 0.343 e. The van der Waals surface area contributed by atoms with Crippen LogP contribution in [0.2, 0.25) is 0 Å². The first-order chi connectivity index (χ1) is 11.7. The predicted molar refractivity (Wildman–Crippen MR) is 87.8 cm³/mol. The third-order valence-electron chi connectivity index (χ3n) is 3.62. The Morgan fingerprint density at radius 1 is 1.00 bits per heavy atom. The third-order valence-corrected chi connectivity index (χ3v) is 3.62. The number of rotatable bonds is 5. The summed E-state index contributed by atoms with van der Waals surface area (Å²) in [6.07, 6.45) is -0.0612. The quantitative estimate of drug-likeness (QED) is 0.531. The first-order valence-electron chi connectivity index (χ1n) is 7.41. The molecule has 0 saturated carbocycles. The second-order valence-electron chi connectivity index (χ2n) is 5.15. The Morgan fingerprint density at radius 2 is 1.62 bits per heavy atom. The fourth-order valence-electron chi connectivity index (χ4n) is 2.42. The van der Waals surface area contributed by atoms with Crippen molar-refractivity contribution in [2.24, 2.45) is 0 Å². The number of ketones is 1. The van der Waals surface area contributed by atoms with Crippen molar-refractivity contribution < 1.29 is 18.8 Å². The highest BCUT2D eigenvalue weighted by Gasteiger charge is 2.26. The van der Waals surface area contributed by atoms with Crippen molar-refractivity contribution in [3.8, 4) is 11.3 Å². The van der Waals surface area contributed by atoms with Crippen LogP contribution in [0, 0.1) is 0 Å². The predicted octanol–water partition coefficient (Wildman–Crippen LogP) is 3.55. The van der Waals surface area contributed by atoms with Crippen molar-refractivity contribution in [1.82, 2.24) is 5.16 Å². The number of ether oxygens (including phenoxy) is 1. The van der Waals surface area contributed by atoms with Gasteiger partial charge in [0.15, 0.2) is 11.5 Å². The number of carbonyl (C=O) groups is 2. The summed E-state index contributed by atoms with van der Waals surface area (Å²) in [4.78, 5) is 24.6. The first-order valence-corrected chi connectivity index (χ1v) is 7.41. The lowest BCUT2D eigenvalue weighted by atomic mass is 10.0. The van der Waals surface area contributed by atoms with Gasteiger partial charge in [0.05, 0.1) is 13.5 Å². The van der Waals surface area contributed by atoms with Crippen LogP contribution < -0.4 is 0 Å². The topological polar surface area (TPSA) is 69.4 Å². The molecule has 1 heterocycles. The van der Waals surface area contributed by atoms with Gasteiger partial charge in [0.2, 0.25) is 0 Å². The first kappa shape index (κ1) is 15.7. The van der Waals surface area contributed by atoms with E-state index in [9.17, 15) is 9.59 Å². The summed E-state index contributed by atoms with van der Waals surface area (Å²) in [7, 11) is 1.28. The van der Waals surface area contributed by atoms with E-state index in [4.69, 9.17) is 9.26 Å². The van der Waals surface area contributed by atoms with Crippen LogP contribution in [0.5, 0.6) is 0 Å². The van der Waals surface area contributed by atoms with Crippen LogP contribution in [-0.2, 0) is 11.2 Å². The van der Waals surface area contributed by atoms with Crippen molar-refractivity contribution in [1.29, 1.82) is 0 Å². The lowest BCUT2D eigenvalue weighted by Crippen LogP contribution is -2.09. The van der Waals surface area contributed by atoms with Gasteiger partial charge < -0.3 is 9.26 Å². The molecule has 0 saturated heterocycles. The van der Waals surface area contributed by atoms with Crippen LogP contribution in [0.15, 0.2) is 65.2 Å². The summed E-state index contributed by atoms with van der Waals surface area (Å²) in [5.74, 6) is -0.531. The Morgan fingerprint density at radius 3 is 2.25 bits per heavy atom. The van der Waals surface area contributed by atoms with Gasteiger partial charge in [0, 0.05) is 11.1 Å². The van der Waals surface area contributed by atoms with Gasteiger partial charge in [-0.3, -0.25) is 4.79 Å². The van der Waals surface area contributed by atoms with E-state index in [2.05, 4.69) is 5.16 Å². The highest BCUT2D eigenvalue weighted by molar-refractivity contribution is 6.01. The van der Waals surface area contributed by atoms with E-state index in [1.54, 1.807) is 24.3 Å². The Labute approximate surface area is 138 Å². The molecule has 0 spiro atoms. The summed E-state index contributed by atoms with van der Waals surface area (Å²) in [5, 5.41) is 3.97. The van der Waals surface area contributed by atoms with Crippen LogP contribution in [-0.4, -0.2) is 24.0 Å². The summed E-state index contributed by atoms with van der Waals surface area (Å²) in [5.41, 5.74) is 1.83. The molecule has 1 aromatic heterocycles. The molecule has 24 heavy (non-hydrogen) atoms. The zero-order chi connectivity index (χ0) is 16.9. The van der Waals surface area contributed by atoms with Crippen LogP contribution in [0.3, 0.4) is 0 Å². The molecule has 0 radical (unpaired) electrons. The van der Waals surface area contributed by atoms with Crippen molar-refractivity contribution in [3.63, 3.8) is 0 Å². The molecule has 0 aliphatic heterocycles. The van der Waals surface area contributed by atoms with Gasteiger partial charge in [-0.1, -0.05) is 65.8 Å². The lowest BCUT2D eigenvalue weighted by Gasteiger charge is -2.03. The lowest BCUT2D eigenvalue weighted by molar-refractivity contribution is 0.0599. The van der Waals surface area contributed by atoms with Crippen molar-refractivity contribution in [2.45, 2.75) is 6.42 Å². The van der Waals surface area contributed by atoms with E-state index in [0.717, 1.165) is 5.56 Å². The summed E-state index contributed by atoms with van der Waals surface area (Å²) >= 11 is 0. The van der Waals surface area contributed by atoms with Gasteiger partial charge in [0.25, 0.3) is 0 Å². The Balaban J connectivity index is 1.98. The standard InChI is InChI=1S/C19H15NO4/c1-23-19(22)17-16(12-15(21)13-8-4-2-5-9-13)24-20-18(17)14-10-6-3-7-11-14/h2-11H,12H2,1H3. The van der Waals surface area contributed by atoms with Crippen molar-refractivity contribution in [3.05, 3.63) is 77.6 Å². The number of benzene rings is 2. The number of esters is 1. The molecular weight excluding hydrogens is 306 g/mol. The molecule has 2 aromatic carbocycles. The monoisotopic (exact) mass is 321 g/mol. The molecule has 0 aliphatic carbocycles. The molecule has 0 bridgehead atoms. The number of hydrogen-bond donors (Lipinski definition) is 0. The average Bonchev–Trinajstić information content (AvgIpc) is 3.06. The highest BCUT2D eigenvalue weighted by atomic mass is 16.5. The van der Waals surface area contributed by atoms with Gasteiger partial charge in [-0.15, -0.1) is 0 Å². The summed E-state index contributed by atoms with van der Waals surface area (Å²) < 4.78 is 10.1. The van der Waals surface area contributed by atoms with Gasteiger partial charge in [0.1, 0.15) is 11.3 Å². The highest BCUT2D eigenvalue weighted by Crippen LogP contribution is 2.27. The minimum Gasteiger partial charge on any atom is -0.465 e. The third kappa shape index (κ3) is 3.10. The van der Waals surface area contributed by atoms with Crippen molar-refractivity contribution in [2.75, 3.05) is 7.11 Å². The summed E-state index contributed by atoms with van der Waals surface area (Å²) in [6.45, 7) is 0. The second-order valence-corrected chi connectivity index (χ2v) is 5.15. The minimum absolute atomic E-state index is 0.0612. The van der Waals surface area contributed by atoms with E-state index in [-0.39, 0.29) is 23.5 Å². The van der Waals surface area contributed by atoms with E-state index in [1.165, 1.54) is 7.11 Å². The molecule has 3 aromatic rings. The number of carbonyl (C=O) groups excluding carboxylic acids is 2. The largest absolute Gasteiger partial charge is 0.465 e. The Kier molecular flexibility index (Phi) is 4.52. The van der Waals surface area contributed by atoms with Gasteiger partial charge >= 0.3 is 5.97 Å². The molecular formula is C19H15NO4. The van der Waals surface area contributed by atoms with Crippen LogP contribution in [0.1, 0.15) is 26.5 Å². The number of Topliss-reactive ketones (excluding diaryl/α,β-unsaturated/α-hetero) is 1. The molecule has 5 nitrogen and oxygen atoms in total. The number of nitrogens with zero attached hydrogens (tertiary/aromatic N) is 1. The maximum absolute atomic E-state index is 12.4. The molecule has 0 atom stereocenters. The average molecular weight is 321 g/mol. The zero-order valence-corrected chi connectivity index (χ0v) is 13.1. The van der Waals surface area contributed by atoms with Gasteiger partial charge in [-0.2, -0.15) is 0 Å². The fraction of sp³-hybridized carbons (Fsp3) is 0.105. The second kappa shape index (κ2) is 6.91. The number of aromatic nitrogens is 1. The molecule has 3 rings (SSSR count). The van der Waals surface area contributed by atoms with E-state index in [0.29, 0.717) is 11.3 Å². The SMILES string of the molecule is COC(=O)c1c(-c2ccccc2)noc1CC(=O)c1ccccc1. The minimum atomic E-state index is -0.578. The van der Waals surface area contributed by atoms with Crippen LogP contribution in [0.4, 0.5) is 0 Å². The van der Waals surface area contributed by atoms with E-state index < -0.39 is 5.97 Å². The zero-order valence-electron chi connectivity index (χ0n) is 13.1. The molecule has 0 unspecified atom stereocenters. The number of hydrogen-bond acceptors (Lipinski definition) is 5. The maximum atomic E-state index is 12.4. The molecule has 5 heteroatoms. The van der Waals surface area contributed by atoms with Crippen molar-refractivity contribution >= 4 is 11.8 Å². The van der Waals surface area contributed by atoms with Gasteiger partial charge in [-0.25, -0.2) is 4.79 Å².